The highest BCUT2D eigenvalue weighted by molar-refractivity contribution is 5.77. The maximum absolute atomic E-state index is 8.71. The van der Waals surface area contributed by atoms with Crippen LogP contribution in [0.2, 0.25) is 0 Å². The highest BCUT2D eigenvalue weighted by atomic mass is 16.5. The van der Waals surface area contributed by atoms with Gasteiger partial charge in [-0.25, -0.2) is 0 Å². The molecular formula is C13H13NO. The van der Waals surface area contributed by atoms with E-state index in [1.165, 1.54) is 11.1 Å². The number of aryl methyl sites for hydroxylation is 1. The topological polar surface area (TPSA) is 33.0 Å². The molecule has 0 N–H and O–H groups in total. The zero-order valence-corrected chi connectivity index (χ0v) is 9.00. The highest BCUT2D eigenvalue weighted by Gasteiger charge is 2.20. The van der Waals surface area contributed by atoms with E-state index in [1.807, 2.05) is 13.0 Å². The molecule has 1 aromatic rings. The maximum Gasteiger partial charge on any atom is 0.122 e. The van der Waals surface area contributed by atoms with Crippen LogP contribution in [-0.2, 0) is 6.42 Å². The predicted molar refractivity (Wildman–Crippen MR) is 59.6 cm³/mol. The molecule has 0 saturated heterocycles. The Bertz CT molecular complexity index is 466. The third kappa shape index (κ3) is 1.50. The molecule has 0 amide bonds. The molecule has 15 heavy (non-hydrogen) atoms. The van der Waals surface area contributed by atoms with Crippen molar-refractivity contribution < 1.29 is 4.74 Å². The number of hydrogen-bond donors (Lipinski definition) is 0. The van der Waals surface area contributed by atoms with E-state index in [1.54, 1.807) is 13.2 Å². The van der Waals surface area contributed by atoms with Crippen molar-refractivity contribution in [3.63, 3.8) is 0 Å². The Morgan fingerprint density at radius 3 is 2.87 bits per heavy atom. The number of methoxy groups -OCH3 is 1. The van der Waals surface area contributed by atoms with Gasteiger partial charge in [-0.15, -0.1) is 0 Å². The molecule has 0 aromatic heterocycles. The van der Waals surface area contributed by atoms with E-state index in [0.717, 1.165) is 29.7 Å². The molecule has 1 aromatic carbocycles. The Morgan fingerprint density at radius 2 is 2.20 bits per heavy atom. The monoisotopic (exact) mass is 199 g/mol. The van der Waals surface area contributed by atoms with E-state index in [9.17, 15) is 0 Å². The lowest BCUT2D eigenvalue weighted by Gasteiger charge is -2.10. The molecule has 0 aliphatic heterocycles. The van der Waals surface area contributed by atoms with Crippen molar-refractivity contribution in [2.45, 2.75) is 19.8 Å². The van der Waals surface area contributed by atoms with Crippen molar-refractivity contribution in [2.75, 3.05) is 7.11 Å². The van der Waals surface area contributed by atoms with Crippen LogP contribution in [-0.4, -0.2) is 7.11 Å². The van der Waals surface area contributed by atoms with Crippen LogP contribution in [0.3, 0.4) is 0 Å². The summed E-state index contributed by atoms with van der Waals surface area (Å²) < 4.78 is 5.29. The molecule has 0 unspecified atom stereocenters. The molecule has 0 bridgehead atoms. The normalized spacial score (nSPS) is 16.2. The molecule has 0 radical (unpaired) electrons. The molecule has 0 atom stereocenters. The van der Waals surface area contributed by atoms with Gasteiger partial charge in [0.1, 0.15) is 5.75 Å². The minimum absolute atomic E-state index is 0.902. The molecule has 0 fully saturated rings. The number of ether oxygens (including phenoxy) is 1. The van der Waals surface area contributed by atoms with Gasteiger partial charge in [0, 0.05) is 6.08 Å². The molecular weight excluding hydrogens is 186 g/mol. The summed E-state index contributed by atoms with van der Waals surface area (Å²) >= 11 is 0. The molecule has 2 rings (SSSR count). The standard InChI is InChI=1S/C13H13NO/c1-9-12(15-2)6-5-10-3-4-11(7-8-14)13(9)10/h5-7H,3-4H2,1-2H3/b11-7+. The third-order valence-electron chi connectivity index (χ3n) is 2.95. The van der Waals surface area contributed by atoms with E-state index in [-0.39, 0.29) is 0 Å². The average Bonchev–Trinajstić information content (AvgIpc) is 2.64. The Morgan fingerprint density at radius 1 is 1.40 bits per heavy atom. The summed E-state index contributed by atoms with van der Waals surface area (Å²) in [4.78, 5) is 0. The van der Waals surface area contributed by atoms with Crippen molar-refractivity contribution in [1.29, 1.82) is 5.26 Å². The Balaban J connectivity index is 2.61. The highest BCUT2D eigenvalue weighted by Crippen LogP contribution is 2.38. The number of hydrogen-bond acceptors (Lipinski definition) is 2. The Kier molecular flexibility index (Phi) is 2.47. The molecule has 0 heterocycles. The first kappa shape index (κ1) is 9.79. The van der Waals surface area contributed by atoms with Crippen molar-refractivity contribution in [2.24, 2.45) is 0 Å². The molecule has 76 valence electrons. The molecule has 2 nitrogen and oxygen atoms in total. The second-order valence-electron chi connectivity index (χ2n) is 3.73. The number of rotatable bonds is 1. The summed E-state index contributed by atoms with van der Waals surface area (Å²) in [5.74, 6) is 0.902. The molecule has 0 spiro atoms. The fraction of sp³-hybridized carbons (Fsp3) is 0.308. The molecule has 2 heteroatoms. The largest absolute Gasteiger partial charge is 0.496 e. The number of benzene rings is 1. The second-order valence-corrected chi connectivity index (χ2v) is 3.73. The Hall–Kier alpha value is -1.75. The second kappa shape index (κ2) is 3.78. The first-order chi connectivity index (χ1) is 7.27. The van der Waals surface area contributed by atoms with Crippen molar-refractivity contribution in [3.05, 3.63) is 34.9 Å². The summed E-state index contributed by atoms with van der Waals surface area (Å²) in [5.41, 5.74) is 4.84. The van der Waals surface area contributed by atoms with Crippen LogP contribution in [0.25, 0.3) is 5.57 Å². The van der Waals surface area contributed by atoms with Gasteiger partial charge in [0.05, 0.1) is 13.2 Å². The van der Waals surface area contributed by atoms with Crippen LogP contribution in [0.1, 0.15) is 23.1 Å². The summed E-state index contributed by atoms with van der Waals surface area (Å²) in [6.45, 7) is 2.05. The smallest absolute Gasteiger partial charge is 0.122 e. The summed E-state index contributed by atoms with van der Waals surface area (Å²) in [6, 6.07) is 6.21. The van der Waals surface area contributed by atoms with Gasteiger partial charge in [-0.05, 0) is 48.1 Å². The SMILES string of the molecule is COc1ccc2c(c1C)/C(=C/C#N)CC2. The van der Waals surface area contributed by atoms with E-state index < -0.39 is 0 Å². The first-order valence-electron chi connectivity index (χ1n) is 5.03. The van der Waals surface area contributed by atoms with Crippen LogP contribution in [0.15, 0.2) is 18.2 Å². The van der Waals surface area contributed by atoms with Gasteiger partial charge in [0.2, 0.25) is 0 Å². The predicted octanol–water partition coefficient (Wildman–Crippen LogP) is 2.86. The quantitative estimate of drug-likeness (QED) is 0.651. The number of fused-ring (bicyclic) bond motifs is 1. The Labute approximate surface area is 89.8 Å². The fourth-order valence-corrected chi connectivity index (χ4v) is 2.24. The first-order valence-corrected chi connectivity index (χ1v) is 5.03. The summed E-state index contributed by atoms with van der Waals surface area (Å²) in [6.07, 6.45) is 3.66. The maximum atomic E-state index is 8.71. The number of nitrogens with zero attached hydrogens (tertiary/aromatic N) is 1. The van der Waals surface area contributed by atoms with Gasteiger partial charge < -0.3 is 4.74 Å². The minimum Gasteiger partial charge on any atom is -0.496 e. The summed E-state index contributed by atoms with van der Waals surface area (Å²) in [7, 11) is 1.68. The van der Waals surface area contributed by atoms with E-state index in [2.05, 4.69) is 12.1 Å². The minimum atomic E-state index is 0.902. The van der Waals surface area contributed by atoms with E-state index in [0.29, 0.717) is 0 Å². The zero-order chi connectivity index (χ0) is 10.8. The van der Waals surface area contributed by atoms with Crippen LogP contribution < -0.4 is 4.74 Å². The van der Waals surface area contributed by atoms with Gasteiger partial charge in [0.25, 0.3) is 0 Å². The average molecular weight is 199 g/mol. The summed E-state index contributed by atoms with van der Waals surface area (Å²) in [5, 5.41) is 8.71. The van der Waals surface area contributed by atoms with Gasteiger partial charge in [-0.3, -0.25) is 0 Å². The van der Waals surface area contributed by atoms with Crippen molar-refractivity contribution >= 4 is 5.57 Å². The zero-order valence-electron chi connectivity index (χ0n) is 9.00. The molecule has 1 aliphatic carbocycles. The lowest BCUT2D eigenvalue weighted by molar-refractivity contribution is 0.411. The fourth-order valence-electron chi connectivity index (χ4n) is 2.24. The third-order valence-corrected chi connectivity index (χ3v) is 2.95. The van der Waals surface area contributed by atoms with Gasteiger partial charge in [0.15, 0.2) is 0 Å². The van der Waals surface area contributed by atoms with E-state index >= 15 is 0 Å². The van der Waals surface area contributed by atoms with Crippen LogP contribution in [0.4, 0.5) is 0 Å². The van der Waals surface area contributed by atoms with Crippen LogP contribution >= 0.6 is 0 Å². The lowest BCUT2D eigenvalue weighted by Crippen LogP contribution is -1.92. The van der Waals surface area contributed by atoms with Crippen molar-refractivity contribution in [1.82, 2.24) is 0 Å². The van der Waals surface area contributed by atoms with Crippen molar-refractivity contribution in [3.8, 4) is 11.8 Å². The number of nitriles is 1. The molecule has 1 aliphatic rings. The van der Waals surface area contributed by atoms with Crippen LogP contribution in [0, 0.1) is 18.3 Å². The van der Waals surface area contributed by atoms with Gasteiger partial charge in [-0.1, -0.05) is 6.07 Å². The van der Waals surface area contributed by atoms with E-state index in [4.69, 9.17) is 10.00 Å². The number of allylic oxidation sites excluding steroid dienone is 2. The van der Waals surface area contributed by atoms with Gasteiger partial charge >= 0.3 is 0 Å². The van der Waals surface area contributed by atoms with Gasteiger partial charge in [-0.2, -0.15) is 5.26 Å². The lowest BCUT2D eigenvalue weighted by atomic mass is 10.0. The van der Waals surface area contributed by atoms with Crippen LogP contribution in [0.5, 0.6) is 5.75 Å². The molecule has 0 saturated carbocycles.